The van der Waals surface area contributed by atoms with Crippen LogP contribution < -0.4 is 5.32 Å². The number of aliphatic hydroxyl groups excluding tert-OH is 3. The van der Waals surface area contributed by atoms with Crippen LogP contribution in [-0.2, 0) is 4.79 Å². The van der Waals surface area contributed by atoms with Crippen molar-refractivity contribution in [3.05, 3.63) is 0 Å². The van der Waals surface area contributed by atoms with Gasteiger partial charge in [0.05, 0.1) is 18.8 Å². The third-order valence-corrected chi connectivity index (χ3v) is 8.71. The van der Waals surface area contributed by atoms with Gasteiger partial charge >= 0.3 is 0 Å². The van der Waals surface area contributed by atoms with Crippen molar-refractivity contribution in [3.8, 4) is 0 Å². The first-order valence-electron chi connectivity index (χ1n) is 18.3. The van der Waals surface area contributed by atoms with Crippen LogP contribution in [0.4, 0.5) is 0 Å². The van der Waals surface area contributed by atoms with Crippen molar-refractivity contribution in [3.63, 3.8) is 0 Å². The summed E-state index contributed by atoms with van der Waals surface area (Å²) in [5.74, 6) is -0.144. The van der Waals surface area contributed by atoms with Gasteiger partial charge in [-0.15, -0.1) is 0 Å². The normalized spacial score (nSPS) is 13.8. The minimum Gasteiger partial charge on any atom is -0.394 e. The first-order chi connectivity index (χ1) is 20.1. The van der Waals surface area contributed by atoms with Gasteiger partial charge in [-0.2, -0.15) is 0 Å². The van der Waals surface area contributed by atoms with Gasteiger partial charge in [0.1, 0.15) is 6.10 Å². The standard InChI is InChI=1S/C36H73NO4/c1-3-5-7-9-11-13-14-15-16-17-18-19-20-21-23-25-27-29-31-35(40)37-33(32-38)36(41)34(39)30-28-26-24-22-12-10-8-6-4-2/h33-34,36,38-39,41H,3-32H2,1-2H3,(H,37,40). The second-order valence-corrected chi connectivity index (χ2v) is 12.8. The lowest BCUT2D eigenvalue weighted by Gasteiger charge is -2.26. The molecule has 0 aromatic heterocycles. The summed E-state index contributed by atoms with van der Waals surface area (Å²) in [5.41, 5.74) is 0. The van der Waals surface area contributed by atoms with E-state index in [1.54, 1.807) is 0 Å². The summed E-state index contributed by atoms with van der Waals surface area (Å²) in [5, 5.41) is 33.2. The molecule has 4 N–H and O–H groups in total. The van der Waals surface area contributed by atoms with Crippen LogP contribution in [0.25, 0.3) is 0 Å². The Balaban J connectivity index is 3.61. The first-order valence-corrected chi connectivity index (χ1v) is 18.3. The van der Waals surface area contributed by atoms with Gasteiger partial charge in [-0.25, -0.2) is 0 Å². The van der Waals surface area contributed by atoms with Crippen molar-refractivity contribution >= 4 is 5.91 Å². The average molecular weight is 584 g/mol. The van der Waals surface area contributed by atoms with Crippen molar-refractivity contribution in [2.75, 3.05) is 6.61 Å². The molecule has 0 bridgehead atoms. The van der Waals surface area contributed by atoms with Gasteiger partial charge in [0.2, 0.25) is 5.91 Å². The summed E-state index contributed by atoms with van der Waals surface area (Å²) < 4.78 is 0. The summed E-state index contributed by atoms with van der Waals surface area (Å²) in [4.78, 5) is 12.3. The van der Waals surface area contributed by atoms with Crippen LogP contribution in [-0.4, -0.2) is 46.1 Å². The van der Waals surface area contributed by atoms with Crippen molar-refractivity contribution in [2.45, 2.75) is 218 Å². The zero-order valence-electron chi connectivity index (χ0n) is 27.7. The molecule has 3 unspecified atom stereocenters. The van der Waals surface area contributed by atoms with E-state index in [1.807, 2.05) is 0 Å². The van der Waals surface area contributed by atoms with Gasteiger partial charge in [-0.05, 0) is 12.8 Å². The van der Waals surface area contributed by atoms with E-state index in [9.17, 15) is 20.1 Å². The van der Waals surface area contributed by atoms with Gasteiger partial charge in [0.15, 0.2) is 0 Å². The monoisotopic (exact) mass is 584 g/mol. The van der Waals surface area contributed by atoms with Crippen LogP contribution in [0.2, 0.25) is 0 Å². The van der Waals surface area contributed by atoms with Crippen molar-refractivity contribution in [1.29, 1.82) is 0 Å². The van der Waals surface area contributed by atoms with Crippen LogP contribution in [0, 0.1) is 0 Å². The van der Waals surface area contributed by atoms with Crippen molar-refractivity contribution < 1.29 is 20.1 Å². The topological polar surface area (TPSA) is 89.8 Å². The fourth-order valence-electron chi connectivity index (χ4n) is 5.81. The molecule has 0 radical (unpaired) electrons. The number of hydrogen-bond acceptors (Lipinski definition) is 4. The summed E-state index contributed by atoms with van der Waals surface area (Å²) in [6, 6.07) is -0.799. The largest absolute Gasteiger partial charge is 0.394 e. The fourth-order valence-corrected chi connectivity index (χ4v) is 5.81. The van der Waals surface area contributed by atoms with Gasteiger partial charge in [0, 0.05) is 6.42 Å². The van der Waals surface area contributed by atoms with E-state index in [-0.39, 0.29) is 12.5 Å². The number of aliphatic hydroxyl groups is 3. The van der Waals surface area contributed by atoms with E-state index < -0.39 is 18.2 Å². The zero-order chi connectivity index (χ0) is 30.2. The lowest BCUT2D eigenvalue weighted by Crippen LogP contribution is -2.50. The molecule has 0 aliphatic rings. The molecular weight excluding hydrogens is 510 g/mol. The maximum absolute atomic E-state index is 12.3. The number of carbonyl (C=O) groups excluding carboxylic acids is 1. The lowest BCUT2D eigenvalue weighted by atomic mass is 9.99. The molecule has 3 atom stereocenters. The number of carbonyl (C=O) groups is 1. The zero-order valence-corrected chi connectivity index (χ0v) is 27.7. The molecule has 0 rings (SSSR count). The molecule has 246 valence electrons. The van der Waals surface area contributed by atoms with Gasteiger partial charge in [-0.3, -0.25) is 4.79 Å². The van der Waals surface area contributed by atoms with Gasteiger partial charge in [0.25, 0.3) is 0 Å². The predicted molar refractivity (Wildman–Crippen MR) is 176 cm³/mol. The second kappa shape index (κ2) is 32.3. The Bertz CT molecular complexity index is 530. The van der Waals surface area contributed by atoms with E-state index in [0.29, 0.717) is 12.8 Å². The SMILES string of the molecule is CCCCCCCCCCCCCCCCCCCCC(=O)NC(CO)C(O)C(O)CCCCCCCCCCC. The number of rotatable bonds is 33. The molecule has 41 heavy (non-hydrogen) atoms. The molecule has 0 saturated carbocycles. The maximum Gasteiger partial charge on any atom is 0.220 e. The molecule has 0 aromatic carbocycles. The highest BCUT2D eigenvalue weighted by Crippen LogP contribution is 2.16. The molecular formula is C36H73NO4. The Morgan fingerprint density at radius 2 is 0.829 bits per heavy atom. The van der Waals surface area contributed by atoms with Crippen molar-refractivity contribution in [1.82, 2.24) is 5.32 Å². The minimum atomic E-state index is -1.13. The molecule has 5 nitrogen and oxygen atoms in total. The lowest BCUT2D eigenvalue weighted by molar-refractivity contribution is -0.124. The Labute approximate surface area is 256 Å². The highest BCUT2D eigenvalue weighted by atomic mass is 16.3. The first kappa shape index (κ1) is 40.4. The number of unbranched alkanes of at least 4 members (excludes halogenated alkanes) is 25. The smallest absolute Gasteiger partial charge is 0.220 e. The van der Waals surface area contributed by atoms with Crippen LogP contribution >= 0.6 is 0 Å². The van der Waals surface area contributed by atoms with Crippen molar-refractivity contribution in [2.24, 2.45) is 0 Å². The van der Waals surface area contributed by atoms with E-state index >= 15 is 0 Å². The Kier molecular flexibility index (Phi) is 31.8. The summed E-state index contributed by atoms with van der Waals surface area (Å²) in [6.07, 6.45) is 33.4. The molecule has 0 spiro atoms. The Morgan fingerprint density at radius 1 is 0.512 bits per heavy atom. The van der Waals surface area contributed by atoms with Crippen LogP contribution in [0.3, 0.4) is 0 Å². The molecule has 0 aliphatic carbocycles. The Morgan fingerprint density at radius 3 is 1.17 bits per heavy atom. The predicted octanol–water partition coefficient (Wildman–Crippen LogP) is 9.54. The average Bonchev–Trinajstić information content (AvgIpc) is 2.97. The van der Waals surface area contributed by atoms with E-state index in [0.717, 1.165) is 38.5 Å². The minimum absolute atomic E-state index is 0.144. The summed E-state index contributed by atoms with van der Waals surface area (Å²) in [6.45, 7) is 4.15. The Hall–Kier alpha value is -0.650. The molecule has 0 aromatic rings. The third kappa shape index (κ3) is 27.9. The number of nitrogens with one attached hydrogen (secondary N) is 1. The molecule has 0 saturated heterocycles. The quantitative estimate of drug-likeness (QED) is 0.0579. The van der Waals surface area contributed by atoms with Crippen LogP contribution in [0.5, 0.6) is 0 Å². The van der Waals surface area contributed by atoms with Gasteiger partial charge < -0.3 is 20.6 Å². The highest BCUT2D eigenvalue weighted by Gasteiger charge is 2.26. The number of amides is 1. The van der Waals surface area contributed by atoms with E-state index in [2.05, 4.69) is 19.2 Å². The molecule has 0 heterocycles. The number of hydrogen-bond donors (Lipinski definition) is 4. The maximum atomic E-state index is 12.3. The molecule has 1 amide bonds. The molecule has 5 heteroatoms. The summed E-state index contributed by atoms with van der Waals surface area (Å²) >= 11 is 0. The molecule has 0 fully saturated rings. The highest BCUT2D eigenvalue weighted by molar-refractivity contribution is 5.76. The third-order valence-electron chi connectivity index (χ3n) is 8.71. The van der Waals surface area contributed by atoms with E-state index in [1.165, 1.54) is 135 Å². The molecule has 0 aliphatic heterocycles. The van der Waals surface area contributed by atoms with Crippen LogP contribution in [0.1, 0.15) is 200 Å². The van der Waals surface area contributed by atoms with Crippen LogP contribution in [0.15, 0.2) is 0 Å². The fraction of sp³-hybridized carbons (Fsp3) is 0.972. The second-order valence-electron chi connectivity index (χ2n) is 12.8. The van der Waals surface area contributed by atoms with E-state index in [4.69, 9.17) is 0 Å². The van der Waals surface area contributed by atoms with Gasteiger partial charge in [-0.1, -0.05) is 181 Å². The summed E-state index contributed by atoms with van der Waals surface area (Å²) in [7, 11) is 0.